The fraction of sp³-hybridized carbons (Fsp3) is 0.786. The SMILES string of the molecule is CCCCC(CC)COC(=O)CC(O)(CC(=O)[O-])C(=O)[O-].CCCCC(CC)COC(=O)CC(O)(CC(=O)[O-])C(=O)[O-].CCCCC(CC)COC(=O)CC(O)(CC(=O)[O-])C(=O)[O-].[Bi+3].[Bi+3]. The third-order valence-corrected chi connectivity index (χ3v) is 9.83. The van der Waals surface area contributed by atoms with Gasteiger partial charge in [0.1, 0.15) is 16.8 Å². The van der Waals surface area contributed by atoms with Crippen LogP contribution in [0.1, 0.15) is 157 Å². The van der Waals surface area contributed by atoms with Crippen molar-refractivity contribution in [1.82, 2.24) is 0 Å². The molecule has 0 aliphatic heterocycles. The van der Waals surface area contributed by atoms with Gasteiger partial charge >= 0.3 is 70.3 Å². The molecule has 0 amide bonds. The Kier molecular flexibility index (Phi) is 42.5. The molecule has 0 aliphatic rings. The molecular weight excluding hydrogens is 1260 g/mol. The Morgan fingerprint density at radius 2 is 0.600 bits per heavy atom. The minimum atomic E-state index is -2.80. The molecule has 65 heavy (non-hydrogen) atoms. The zero-order valence-electron chi connectivity index (χ0n) is 38.2. The zero-order valence-corrected chi connectivity index (χ0v) is 45.1. The number of aliphatic hydroxyl groups is 3. The van der Waals surface area contributed by atoms with Gasteiger partial charge in [-0.2, -0.15) is 0 Å². The molecule has 370 valence electrons. The Morgan fingerprint density at radius 3 is 0.738 bits per heavy atom. The average Bonchev–Trinajstić information content (AvgIpc) is 3.17. The molecule has 3 N–H and O–H groups in total. The molecule has 4 radical (unpaired) electrons. The molecule has 0 spiro atoms. The number of carboxylic acids is 6. The van der Waals surface area contributed by atoms with E-state index in [0.717, 1.165) is 77.0 Å². The van der Waals surface area contributed by atoms with Crippen molar-refractivity contribution in [2.24, 2.45) is 17.8 Å². The Labute approximate surface area is 418 Å². The van der Waals surface area contributed by atoms with E-state index in [1.807, 2.05) is 41.5 Å². The number of hydrogen-bond donors (Lipinski definition) is 3. The Bertz CT molecular complexity index is 1280. The van der Waals surface area contributed by atoms with Gasteiger partial charge in [-0.15, -0.1) is 0 Å². The summed E-state index contributed by atoms with van der Waals surface area (Å²) in [5.74, 6) is -13.9. The fourth-order valence-electron chi connectivity index (χ4n) is 5.53. The average molecular weight is 1320 g/mol. The smallest absolute Gasteiger partial charge is 0.550 e. The molecule has 0 aromatic carbocycles. The second kappa shape index (κ2) is 38.9. The van der Waals surface area contributed by atoms with Crippen LogP contribution in [0, 0.1) is 17.8 Å². The van der Waals surface area contributed by atoms with E-state index in [0.29, 0.717) is 0 Å². The third kappa shape index (κ3) is 34.8. The van der Waals surface area contributed by atoms with Crippen LogP contribution in [0.15, 0.2) is 0 Å². The number of unbranched alkanes of at least 4 members (excludes halogenated alkanes) is 3. The molecule has 23 heteroatoms. The molecule has 0 aromatic rings. The van der Waals surface area contributed by atoms with E-state index < -0.39 is 109 Å². The fourth-order valence-corrected chi connectivity index (χ4v) is 5.53. The van der Waals surface area contributed by atoms with Gasteiger partial charge in [0.2, 0.25) is 0 Å². The Hall–Kier alpha value is -3.12. The van der Waals surface area contributed by atoms with Crippen molar-refractivity contribution < 1.29 is 103 Å². The minimum Gasteiger partial charge on any atom is -0.550 e. The molecule has 0 rings (SSSR count). The largest absolute Gasteiger partial charge is 3.00 e. The third-order valence-electron chi connectivity index (χ3n) is 9.83. The van der Waals surface area contributed by atoms with Crippen LogP contribution in [0.3, 0.4) is 0 Å². The number of carboxylic acid groups (broad SMARTS) is 6. The molecule has 0 bridgehead atoms. The van der Waals surface area contributed by atoms with E-state index in [-0.39, 0.29) is 90.0 Å². The Morgan fingerprint density at radius 1 is 0.400 bits per heavy atom. The number of carbonyl (C=O) groups is 9. The predicted molar refractivity (Wildman–Crippen MR) is 217 cm³/mol. The molecule has 0 aliphatic carbocycles. The molecule has 21 nitrogen and oxygen atoms in total. The molecule has 6 unspecified atom stereocenters. The molecular formula is C42H66Bi2O21. The molecule has 0 heterocycles. The van der Waals surface area contributed by atoms with E-state index in [2.05, 4.69) is 0 Å². The summed E-state index contributed by atoms with van der Waals surface area (Å²) in [5.41, 5.74) is -8.41. The maximum atomic E-state index is 11.6. The summed E-state index contributed by atoms with van der Waals surface area (Å²) in [6, 6.07) is 0. The second-order valence-electron chi connectivity index (χ2n) is 15.4. The zero-order chi connectivity index (χ0) is 49.4. The van der Waals surface area contributed by atoms with E-state index in [1.165, 1.54) is 0 Å². The van der Waals surface area contributed by atoms with Crippen LogP contribution in [0.5, 0.6) is 0 Å². The van der Waals surface area contributed by atoms with Gasteiger partial charge in [-0.1, -0.05) is 99.3 Å². The number of hydrogen-bond acceptors (Lipinski definition) is 21. The number of esters is 3. The van der Waals surface area contributed by atoms with Crippen LogP contribution in [0.2, 0.25) is 0 Å². The number of aliphatic carboxylic acids is 6. The predicted octanol–water partition coefficient (Wildman–Crippen LogP) is -4.49. The molecule has 6 atom stereocenters. The summed E-state index contributed by atoms with van der Waals surface area (Å²) < 4.78 is 14.7. The maximum absolute atomic E-state index is 11.6. The quantitative estimate of drug-likeness (QED) is 0.0317. The van der Waals surface area contributed by atoms with Crippen molar-refractivity contribution in [3.8, 4) is 0 Å². The van der Waals surface area contributed by atoms with E-state index >= 15 is 0 Å². The van der Waals surface area contributed by atoms with Gasteiger partial charge in [0.05, 0.1) is 57.0 Å². The van der Waals surface area contributed by atoms with Crippen molar-refractivity contribution in [2.45, 2.75) is 174 Å². The van der Waals surface area contributed by atoms with Gasteiger partial charge in [0.25, 0.3) is 0 Å². The van der Waals surface area contributed by atoms with Gasteiger partial charge in [0.15, 0.2) is 0 Å². The summed E-state index contributed by atoms with van der Waals surface area (Å²) in [7, 11) is 0. The van der Waals surface area contributed by atoms with Crippen LogP contribution >= 0.6 is 0 Å². The first-order valence-corrected chi connectivity index (χ1v) is 21.1. The van der Waals surface area contributed by atoms with Crippen LogP contribution in [-0.2, 0) is 57.4 Å². The summed E-state index contributed by atoms with van der Waals surface area (Å²) >= 11 is 0. The molecule has 0 saturated heterocycles. The van der Waals surface area contributed by atoms with Gasteiger partial charge in [-0.05, 0) is 37.0 Å². The van der Waals surface area contributed by atoms with Crippen molar-refractivity contribution in [3.05, 3.63) is 0 Å². The molecule has 0 aromatic heterocycles. The van der Waals surface area contributed by atoms with Gasteiger partial charge in [-0.25, -0.2) is 0 Å². The first-order valence-electron chi connectivity index (χ1n) is 21.1. The summed E-state index contributed by atoms with van der Waals surface area (Å²) in [5, 5.41) is 92.4. The van der Waals surface area contributed by atoms with Crippen LogP contribution < -0.4 is 30.6 Å². The first-order chi connectivity index (χ1) is 29.2. The normalized spacial score (nSPS) is 14.5. The monoisotopic (exact) mass is 1320 g/mol. The summed E-state index contributed by atoms with van der Waals surface area (Å²) in [6.45, 7) is 12.3. The van der Waals surface area contributed by atoms with Crippen molar-refractivity contribution in [2.75, 3.05) is 19.8 Å². The van der Waals surface area contributed by atoms with Crippen molar-refractivity contribution in [3.63, 3.8) is 0 Å². The standard InChI is InChI=1S/3C14H24O7.2Bi/c3*1-3-5-6-10(4-2)9-21-12(17)8-14(20,13(18)19)7-11(15)16;;/h3*10,20H,3-9H2,1-2H3,(H,15,16)(H,18,19);;/q;;;2*+3/p-6. The number of ether oxygens (including phenoxy) is 3. The van der Waals surface area contributed by atoms with E-state index in [4.69, 9.17) is 14.2 Å². The van der Waals surface area contributed by atoms with Crippen molar-refractivity contribution in [1.29, 1.82) is 0 Å². The maximum Gasteiger partial charge on any atom is 3.00 e. The van der Waals surface area contributed by atoms with Crippen LogP contribution in [-0.4, -0.2) is 158 Å². The summed E-state index contributed by atoms with van der Waals surface area (Å²) in [6.07, 6.45) is 4.45. The topological polar surface area (TPSA) is 380 Å². The number of carbonyl (C=O) groups excluding carboxylic acids is 9. The van der Waals surface area contributed by atoms with E-state index in [9.17, 15) is 89.1 Å². The number of rotatable bonds is 33. The van der Waals surface area contributed by atoms with E-state index in [1.54, 1.807) is 0 Å². The van der Waals surface area contributed by atoms with Gasteiger partial charge < -0.3 is 88.9 Å². The molecule has 0 saturated carbocycles. The second-order valence-corrected chi connectivity index (χ2v) is 15.4. The minimum absolute atomic E-state index is 0. The van der Waals surface area contributed by atoms with Crippen LogP contribution in [0.4, 0.5) is 0 Å². The van der Waals surface area contributed by atoms with Crippen molar-refractivity contribution >= 4 is 106 Å². The van der Waals surface area contributed by atoms with Crippen LogP contribution in [0.25, 0.3) is 0 Å². The molecule has 0 fully saturated rings. The first kappa shape index (κ1) is 70.9. The van der Waals surface area contributed by atoms with Gasteiger partial charge in [0, 0.05) is 37.2 Å². The summed E-state index contributed by atoms with van der Waals surface area (Å²) in [4.78, 5) is 98.2. The Balaban J connectivity index is -0.000000273. The van der Waals surface area contributed by atoms with Gasteiger partial charge in [-0.3, -0.25) is 14.4 Å².